The Kier molecular flexibility index (Phi) is 8.05. The fourth-order valence-electron chi connectivity index (χ4n) is 2.37. The molecule has 0 saturated heterocycles. The van der Waals surface area contributed by atoms with Crippen LogP contribution in [0.1, 0.15) is 18.3 Å². The zero-order valence-corrected chi connectivity index (χ0v) is 17.5. The molecule has 0 fully saturated rings. The monoisotopic (exact) mass is 485 g/mol. The lowest BCUT2D eigenvalue weighted by molar-refractivity contribution is 0.786. The van der Waals surface area contributed by atoms with Crippen molar-refractivity contribution in [3.8, 4) is 0 Å². The summed E-state index contributed by atoms with van der Waals surface area (Å²) in [4.78, 5) is 8.67. The molecule has 0 amide bonds. The first kappa shape index (κ1) is 20.4. The molecule has 3 heterocycles. The molecule has 0 atom stereocenters. The Morgan fingerprint density at radius 1 is 1.19 bits per heavy atom. The highest BCUT2D eigenvalue weighted by Crippen LogP contribution is 2.05. The largest absolute Gasteiger partial charge is 0.357 e. The van der Waals surface area contributed by atoms with Crippen LogP contribution in [-0.4, -0.2) is 38.6 Å². The van der Waals surface area contributed by atoms with Gasteiger partial charge in [0.15, 0.2) is 17.4 Å². The number of nitrogens with one attached hydrogen (secondary N) is 2. The first-order valence-corrected chi connectivity index (χ1v) is 8.55. The predicted molar refractivity (Wildman–Crippen MR) is 114 cm³/mol. The summed E-state index contributed by atoms with van der Waals surface area (Å²) in [7, 11) is 0. The summed E-state index contributed by atoms with van der Waals surface area (Å²) in [6.45, 7) is 4.01. The Morgan fingerprint density at radius 3 is 2.85 bits per heavy atom. The molecular formula is C17H21ClIN7. The Labute approximate surface area is 174 Å². The summed E-state index contributed by atoms with van der Waals surface area (Å²) >= 11 is 5.80. The second-order valence-electron chi connectivity index (χ2n) is 5.41. The van der Waals surface area contributed by atoms with Crippen LogP contribution in [0.5, 0.6) is 0 Å². The van der Waals surface area contributed by atoms with Crippen LogP contribution >= 0.6 is 35.6 Å². The molecule has 0 bridgehead atoms. The minimum absolute atomic E-state index is 0. The van der Waals surface area contributed by atoms with Crippen LogP contribution in [0, 0.1) is 0 Å². The van der Waals surface area contributed by atoms with Crippen LogP contribution in [0.25, 0.3) is 5.65 Å². The maximum absolute atomic E-state index is 5.80. The molecule has 0 aliphatic rings. The third kappa shape index (κ3) is 5.53. The number of halogens is 2. The van der Waals surface area contributed by atoms with E-state index in [0.717, 1.165) is 42.5 Å². The average Bonchev–Trinajstić information content (AvgIpc) is 3.04. The van der Waals surface area contributed by atoms with Gasteiger partial charge in [-0.3, -0.25) is 4.40 Å². The smallest absolute Gasteiger partial charge is 0.191 e. The van der Waals surface area contributed by atoms with Crippen molar-refractivity contribution in [1.82, 2.24) is 30.2 Å². The molecule has 0 saturated carbocycles. The Balaban J connectivity index is 0.00000243. The molecular weight excluding hydrogens is 465 g/mol. The summed E-state index contributed by atoms with van der Waals surface area (Å²) in [5.74, 6) is 1.55. The van der Waals surface area contributed by atoms with E-state index in [4.69, 9.17) is 11.6 Å². The number of rotatable bonds is 6. The number of fused-ring (bicyclic) bond motifs is 1. The number of guanidine groups is 1. The molecule has 0 aromatic carbocycles. The highest BCUT2D eigenvalue weighted by atomic mass is 127. The third-order valence-corrected chi connectivity index (χ3v) is 3.83. The standard InChI is InChI=1S/C17H20ClN7.HI/c1-2-19-17(20-9-8-13-6-7-14(18)21-11-13)22-12-16-24-23-15-5-3-4-10-25(15)16;/h3-7,10-11H,2,8-9,12H2,1H3,(H2,19,20,22);1H. The highest BCUT2D eigenvalue weighted by Gasteiger charge is 2.04. The second kappa shape index (κ2) is 10.3. The van der Waals surface area contributed by atoms with Crippen molar-refractivity contribution in [2.45, 2.75) is 19.9 Å². The van der Waals surface area contributed by atoms with Gasteiger partial charge in [-0.2, -0.15) is 0 Å². The zero-order valence-electron chi connectivity index (χ0n) is 14.4. The van der Waals surface area contributed by atoms with E-state index in [1.807, 2.05) is 41.8 Å². The maximum Gasteiger partial charge on any atom is 0.191 e. The fraction of sp³-hybridized carbons (Fsp3) is 0.294. The molecule has 0 aliphatic heterocycles. The molecule has 0 spiro atoms. The van der Waals surface area contributed by atoms with E-state index in [2.05, 4.69) is 30.8 Å². The SMILES string of the molecule is CCNC(=NCc1nnc2ccccn12)NCCc1ccc(Cl)nc1.I. The first-order valence-electron chi connectivity index (χ1n) is 8.17. The van der Waals surface area contributed by atoms with Crippen molar-refractivity contribution < 1.29 is 0 Å². The molecule has 3 aromatic heterocycles. The zero-order chi connectivity index (χ0) is 17.5. The minimum atomic E-state index is 0. The maximum atomic E-state index is 5.80. The van der Waals surface area contributed by atoms with Crippen molar-refractivity contribution in [1.29, 1.82) is 0 Å². The minimum Gasteiger partial charge on any atom is -0.357 e. The van der Waals surface area contributed by atoms with Gasteiger partial charge in [-0.05, 0) is 37.1 Å². The molecule has 0 unspecified atom stereocenters. The number of pyridine rings is 2. The molecule has 0 aliphatic carbocycles. The van der Waals surface area contributed by atoms with Crippen LogP contribution in [0.3, 0.4) is 0 Å². The van der Waals surface area contributed by atoms with Crippen molar-refractivity contribution in [3.63, 3.8) is 0 Å². The molecule has 138 valence electrons. The van der Waals surface area contributed by atoms with Crippen LogP contribution < -0.4 is 10.6 Å². The van der Waals surface area contributed by atoms with Crippen molar-refractivity contribution in [2.75, 3.05) is 13.1 Å². The normalized spacial score (nSPS) is 11.2. The van der Waals surface area contributed by atoms with Gasteiger partial charge in [-0.15, -0.1) is 34.2 Å². The average molecular weight is 486 g/mol. The molecule has 2 N–H and O–H groups in total. The van der Waals surface area contributed by atoms with Gasteiger partial charge >= 0.3 is 0 Å². The topological polar surface area (TPSA) is 79.5 Å². The number of hydrogen-bond donors (Lipinski definition) is 2. The van der Waals surface area contributed by atoms with E-state index < -0.39 is 0 Å². The van der Waals surface area contributed by atoms with Gasteiger partial charge in [0.2, 0.25) is 0 Å². The van der Waals surface area contributed by atoms with E-state index in [1.165, 1.54) is 0 Å². The lowest BCUT2D eigenvalue weighted by Crippen LogP contribution is -2.38. The van der Waals surface area contributed by atoms with E-state index in [0.29, 0.717) is 11.7 Å². The van der Waals surface area contributed by atoms with Gasteiger partial charge in [-0.1, -0.05) is 23.7 Å². The summed E-state index contributed by atoms with van der Waals surface area (Å²) in [5.41, 5.74) is 1.94. The fourth-order valence-corrected chi connectivity index (χ4v) is 2.48. The van der Waals surface area contributed by atoms with Crippen molar-refractivity contribution in [3.05, 3.63) is 59.3 Å². The van der Waals surface area contributed by atoms with Crippen LogP contribution in [0.15, 0.2) is 47.7 Å². The molecule has 7 nitrogen and oxygen atoms in total. The van der Waals surface area contributed by atoms with Crippen molar-refractivity contribution >= 4 is 47.2 Å². The van der Waals surface area contributed by atoms with Gasteiger partial charge < -0.3 is 10.6 Å². The summed E-state index contributed by atoms with van der Waals surface area (Å²) in [5, 5.41) is 15.4. The quantitative estimate of drug-likeness (QED) is 0.243. The lowest BCUT2D eigenvalue weighted by Gasteiger charge is -2.11. The van der Waals surface area contributed by atoms with Gasteiger partial charge in [0.25, 0.3) is 0 Å². The predicted octanol–water partition coefficient (Wildman–Crippen LogP) is 2.69. The van der Waals surface area contributed by atoms with E-state index in [-0.39, 0.29) is 24.0 Å². The van der Waals surface area contributed by atoms with Gasteiger partial charge in [0.1, 0.15) is 11.7 Å². The van der Waals surface area contributed by atoms with Gasteiger partial charge in [0.05, 0.1) is 0 Å². The Hall–Kier alpha value is -1.94. The van der Waals surface area contributed by atoms with E-state index in [9.17, 15) is 0 Å². The summed E-state index contributed by atoms with van der Waals surface area (Å²) < 4.78 is 1.94. The number of hydrogen-bond acceptors (Lipinski definition) is 4. The number of aromatic nitrogens is 4. The highest BCUT2D eigenvalue weighted by molar-refractivity contribution is 14.0. The van der Waals surface area contributed by atoms with Crippen LogP contribution in [-0.2, 0) is 13.0 Å². The Bertz CT molecular complexity index is 848. The summed E-state index contributed by atoms with van der Waals surface area (Å²) in [6.07, 6.45) is 4.56. The van der Waals surface area contributed by atoms with E-state index in [1.54, 1.807) is 12.3 Å². The number of aliphatic imine (C=N–C) groups is 1. The van der Waals surface area contributed by atoms with Crippen molar-refractivity contribution in [2.24, 2.45) is 4.99 Å². The molecule has 3 rings (SSSR count). The van der Waals surface area contributed by atoms with Gasteiger partial charge in [0, 0.05) is 25.5 Å². The Morgan fingerprint density at radius 2 is 2.08 bits per heavy atom. The summed E-state index contributed by atoms with van der Waals surface area (Å²) in [6, 6.07) is 9.58. The molecule has 3 aromatic rings. The third-order valence-electron chi connectivity index (χ3n) is 3.60. The second-order valence-corrected chi connectivity index (χ2v) is 5.79. The van der Waals surface area contributed by atoms with Gasteiger partial charge in [-0.25, -0.2) is 9.98 Å². The first-order chi connectivity index (χ1) is 12.3. The molecule has 0 radical (unpaired) electrons. The molecule has 26 heavy (non-hydrogen) atoms. The number of nitrogens with zero attached hydrogens (tertiary/aromatic N) is 5. The van der Waals surface area contributed by atoms with E-state index >= 15 is 0 Å². The lowest BCUT2D eigenvalue weighted by atomic mass is 10.2. The van der Waals surface area contributed by atoms with Crippen LogP contribution in [0.4, 0.5) is 0 Å². The molecule has 9 heteroatoms. The van der Waals surface area contributed by atoms with Crippen LogP contribution in [0.2, 0.25) is 5.15 Å².